The quantitative estimate of drug-likeness (QED) is 0.797. The van der Waals surface area contributed by atoms with Crippen LogP contribution in [0.4, 0.5) is 11.6 Å². The summed E-state index contributed by atoms with van der Waals surface area (Å²) in [7, 11) is 0. The van der Waals surface area contributed by atoms with Gasteiger partial charge in [-0.2, -0.15) is 0 Å². The van der Waals surface area contributed by atoms with Crippen LogP contribution >= 0.6 is 0 Å². The first-order chi connectivity index (χ1) is 8.72. The predicted octanol–water partition coefficient (Wildman–Crippen LogP) is 0.209. The van der Waals surface area contributed by atoms with E-state index < -0.39 is 0 Å². The van der Waals surface area contributed by atoms with Gasteiger partial charge in [-0.15, -0.1) is 0 Å². The van der Waals surface area contributed by atoms with Crippen molar-refractivity contribution in [2.24, 2.45) is 0 Å². The Balaban J connectivity index is 2.16. The lowest BCUT2D eigenvalue weighted by Crippen LogP contribution is -2.44. The monoisotopic (exact) mass is 252 g/mol. The molecule has 2 heterocycles. The number of hydrogen-bond acceptors (Lipinski definition) is 6. The molecular formula is C12H20N4O2. The van der Waals surface area contributed by atoms with Gasteiger partial charge in [-0.05, 0) is 6.42 Å². The number of aliphatic hydroxyl groups excluding tert-OH is 1. The highest BCUT2D eigenvalue weighted by molar-refractivity contribution is 5.47. The third-order valence-electron chi connectivity index (χ3n) is 2.92. The average molecular weight is 252 g/mol. The smallest absolute Gasteiger partial charge is 0.134 e. The first-order valence-corrected chi connectivity index (χ1v) is 6.33. The SMILES string of the molecule is CCCc1nc(N)cc(N2CCOC(CO)C2)n1. The Kier molecular flexibility index (Phi) is 4.33. The van der Waals surface area contributed by atoms with Gasteiger partial charge >= 0.3 is 0 Å². The Morgan fingerprint density at radius 2 is 2.39 bits per heavy atom. The van der Waals surface area contributed by atoms with Crippen molar-refractivity contribution in [1.82, 2.24) is 9.97 Å². The van der Waals surface area contributed by atoms with Gasteiger partial charge in [0, 0.05) is 25.6 Å². The van der Waals surface area contributed by atoms with Crippen LogP contribution in [0.25, 0.3) is 0 Å². The standard InChI is InChI=1S/C12H20N4O2/c1-2-3-11-14-10(13)6-12(15-11)16-4-5-18-9(7-16)8-17/h6,9,17H,2-5,7-8H2,1H3,(H2,13,14,15). The molecule has 1 aliphatic rings. The van der Waals surface area contributed by atoms with Gasteiger partial charge in [0.2, 0.25) is 0 Å². The van der Waals surface area contributed by atoms with Crippen LogP contribution in [0, 0.1) is 0 Å². The van der Waals surface area contributed by atoms with Crippen LogP contribution in [-0.2, 0) is 11.2 Å². The zero-order valence-electron chi connectivity index (χ0n) is 10.7. The van der Waals surface area contributed by atoms with Crippen molar-refractivity contribution in [1.29, 1.82) is 0 Å². The number of aromatic nitrogens is 2. The van der Waals surface area contributed by atoms with Gasteiger partial charge in [0.1, 0.15) is 17.5 Å². The molecule has 0 amide bonds. The summed E-state index contributed by atoms with van der Waals surface area (Å²) < 4.78 is 5.42. The maximum absolute atomic E-state index is 9.14. The third-order valence-corrected chi connectivity index (χ3v) is 2.92. The van der Waals surface area contributed by atoms with Crippen molar-refractivity contribution in [3.8, 4) is 0 Å². The molecule has 2 rings (SSSR count). The van der Waals surface area contributed by atoms with Crippen LogP contribution in [0.3, 0.4) is 0 Å². The predicted molar refractivity (Wildman–Crippen MR) is 69.5 cm³/mol. The molecule has 6 nitrogen and oxygen atoms in total. The number of rotatable bonds is 4. The van der Waals surface area contributed by atoms with E-state index in [-0.39, 0.29) is 12.7 Å². The van der Waals surface area contributed by atoms with Gasteiger partial charge < -0.3 is 20.5 Å². The van der Waals surface area contributed by atoms with E-state index in [1.807, 2.05) is 0 Å². The molecule has 3 N–H and O–H groups in total. The topological polar surface area (TPSA) is 84.5 Å². The van der Waals surface area contributed by atoms with Crippen LogP contribution in [-0.4, -0.2) is 47.5 Å². The Morgan fingerprint density at radius 3 is 3.11 bits per heavy atom. The third kappa shape index (κ3) is 3.08. The van der Waals surface area contributed by atoms with E-state index in [9.17, 15) is 0 Å². The zero-order chi connectivity index (χ0) is 13.0. The summed E-state index contributed by atoms with van der Waals surface area (Å²) in [5, 5.41) is 9.14. The number of nitrogens with zero attached hydrogens (tertiary/aromatic N) is 3. The van der Waals surface area contributed by atoms with E-state index >= 15 is 0 Å². The van der Waals surface area contributed by atoms with E-state index in [0.717, 1.165) is 31.0 Å². The largest absolute Gasteiger partial charge is 0.394 e. The fraction of sp³-hybridized carbons (Fsp3) is 0.667. The van der Waals surface area contributed by atoms with Crippen molar-refractivity contribution < 1.29 is 9.84 Å². The van der Waals surface area contributed by atoms with Crippen molar-refractivity contribution >= 4 is 11.6 Å². The van der Waals surface area contributed by atoms with Gasteiger partial charge in [-0.3, -0.25) is 0 Å². The summed E-state index contributed by atoms with van der Waals surface area (Å²) in [6.45, 7) is 4.11. The molecule has 0 aliphatic carbocycles. The molecule has 1 unspecified atom stereocenters. The summed E-state index contributed by atoms with van der Waals surface area (Å²) in [6, 6.07) is 1.78. The van der Waals surface area contributed by atoms with Crippen LogP contribution in [0.1, 0.15) is 19.2 Å². The first kappa shape index (κ1) is 13.0. The molecule has 100 valence electrons. The maximum atomic E-state index is 9.14. The Hall–Kier alpha value is -1.40. The number of morpholine rings is 1. The first-order valence-electron chi connectivity index (χ1n) is 6.33. The van der Waals surface area contributed by atoms with Crippen LogP contribution in [0.5, 0.6) is 0 Å². The molecule has 0 radical (unpaired) electrons. The molecular weight excluding hydrogens is 232 g/mol. The van der Waals surface area contributed by atoms with E-state index in [1.54, 1.807) is 6.07 Å². The summed E-state index contributed by atoms with van der Waals surface area (Å²) in [6.07, 6.45) is 1.67. The highest BCUT2D eigenvalue weighted by atomic mass is 16.5. The van der Waals surface area contributed by atoms with Crippen molar-refractivity contribution in [3.05, 3.63) is 11.9 Å². The molecule has 1 atom stereocenters. The highest BCUT2D eigenvalue weighted by Crippen LogP contribution is 2.18. The maximum Gasteiger partial charge on any atom is 0.134 e. The minimum atomic E-state index is -0.149. The second-order valence-corrected chi connectivity index (χ2v) is 4.44. The highest BCUT2D eigenvalue weighted by Gasteiger charge is 2.21. The Morgan fingerprint density at radius 1 is 1.56 bits per heavy atom. The van der Waals surface area contributed by atoms with Crippen molar-refractivity contribution in [2.45, 2.75) is 25.9 Å². The second kappa shape index (κ2) is 5.97. The van der Waals surface area contributed by atoms with Crippen LogP contribution < -0.4 is 10.6 Å². The Labute approximate surface area is 107 Å². The fourth-order valence-electron chi connectivity index (χ4n) is 2.04. The number of aliphatic hydroxyl groups is 1. The fourth-order valence-corrected chi connectivity index (χ4v) is 2.04. The molecule has 18 heavy (non-hydrogen) atoms. The number of anilines is 2. The molecule has 1 saturated heterocycles. The molecule has 1 aliphatic heterocycles. The van der Waals surface area contributed by atoms with E-state index in [4.69, 9.17) is 15.6 Å². The zero-order valence-corrected chi connectivity index (χ0v) is 10.7. The number of hydrogen-bond donors (Lipinski definition) is 2. The molecule has 1 aromatic rings. The minimum absolute atomic E-state index is 0.0267. The van der Waals surface area contributed by atoms with Gasteiger partial charge in [-0.25, -0.2) is 9.97 Å². The van der Waals surface area contributed by atoms with Gasteiger partial charge in [0.05, 0.1) is 19.3 Å². The van der Waals surface area contributed by atoms with Crippen molar-refractivity contribution in [2.75, 3.05) is 36.9 Å². The molecule has 0 aromatic carbocycles. The lowest BCUT2D eigenvalue weighted by molar-refractivity contribution is 0.00335. The Bertz CT molecular complexity index is 400. The summed E-state index contributed by atoms with van der Waals surface area (Å²) >= 11 is 0. The molecule has 1 aromatic heterocycles. The summed E-state index contributed by atoms with van der Waals surface area (Å²) in [4.78, 5) is 10.8. The molecule has 0 bridgehead atoms. The molecule has 6 heteroatoms. The summed E-state index contributed by atoms with van der Waals surface area (Å²) in [5.41, 5.74) is 5.81. The number of aryl methyl sites for hydroxylation is 1. The average Bonchev–Trinajstić information content (AvgIpc) is 2.38. The summed E-state index contributed by atoms with van der Waals surface area (Å²) in [5.74, 6) is 2.10. The lowest BCUT2D eigenvalue weighted by atomic mass is 10.2. The van der Waals surface area contributed by atoms with Crippen LogP contribution in [0.2, 0.25) is 0 Å². The van der Waals surface area contributed by atoms with E-state index in [0.29, 0.717) is 19.0 Å². The molecule has 1 fully saturated rings. The van der Waals surface area contributed by atoms with Crippen molar-refractivity contribution in [3.63, 3.8) is 0 Å². The number of ether oxygens (including phenoxy) is 1. The molecule has 0 spiro atoms. The van der Waals surface area contributed by atoms with Gasteiger partial charge in [0.15, 0.2) is 0 Å². The minimum Gasteiger partial charge on any atom is -0.394 e. The lowest BCUT2D eigenvalue weighted by Gasteiger charge is -2.33. The second-order valence-electron chi connectivity index (χ2n) is 4.44. The molecule has 0 saturated carbocycles. The number of nitrogen functional groups attached to an aromatic ring is 1. The van der Waals surface area contributed by atoms with Gasteiger partial charge in [0.25, 0.3) is 0 Å². The van der Waals surface area contributed by atoms with Gasteiger partial charge in [-0.1, -0.05) is 6.92 Å². The van der Waals surface area contributed by atoms with E-state index in [2.05, 4.69) is 21.8 Å². The normalized spacial score (nSPS) is 20.1. The van der Waals surface area contributed by atoms with E-state index in [1.165, 1.54) is 0 Å². The number of nitrogens with two attached hydrogens (primary N) is 1. The van der Waals surface area contributed by atoms with Crippen LogP contribution in [0.15, 0.2) is 6.07 Å².